The highest BCUT2D eigenvalue weighted by Gasteiger charge is 2.51. The van der Waals surface area contributed by atoms with Gasteiger partial charge in [0.15, 0.2) is 6.10 Å². The Bertz CT molecular complexity index is 1420. The summed E-state index contributed by atoms with van der Waals surface area (Å²) < 4.78 is 33.5. The van der Waals surface area contributed by atoms with Crippen LogP contribution in [0.5, 0.6) is 0 Å². The van der Waals surface area contributed by atoms with Crippen LogP contribution in [0.3, 0.4) is 0 Å². The van der Waals surface area contributed by atoms with Gasteiger partial charge in [-0.25, -0.2) is 4.57 Å². The summed E-state index contributed by atoms with van der Waals surface area (Å²) in [6.45, 7) is 3.17. The van der Waals surface area contributed by atoms with Crippen molar-refractivity contribution in [2.45, 2.75) is 198 Å². The monoisotopic (exact) mass is 909 g/mol. The molecule has 1 aliphatic carbocycles. The Morgan fingerprint density at radius 3 is 1.30 bits per heavy atom. The fraction of sp³-hybridized carbons (Fsp3) is 0.673. The number of carbonyl (C=O) groups is 2. The molecule has 0 bridgehead atoms. The summed E-state index contributed by atoms with van der Waals surface area (Å²) >= 11 is 0. The van der Waals surface area contributed by atoms with Crippen molar-refractivity contribution in [3.8, 4) is 0 Å². The van der Waals surface area contributed by atoms with E-state index in [1.54, 1.807) is 0 Å². The van der Waals surface area contributed by atoms with Gasteiger partial charge >= 0.3 is 19.8 Å². The normalized spacial score (nSPS) is 22.5. The van der Waals surface area contributed by atoms with Gasteiger partial charge in [0.2, 0.25) is 0 Å². The summed E-state index contributed by atoms with van der Waals surface area (Å²) in [4.78, 5) is 35.7. The number of aliphatic hydroxyl groups is 5. The van der Waals surface area contributed by atoms with Gasteiger partial charge in [0, 0.05) is 12.8 Å². The predicted octanol–water partition coefficient (Wildman–Crippen LogP) is 9.28. The molecule has 0 spiro atoms. The molecular weight excluding hydrogens is 827 g/mol. The number of carbonyl (C=O) groups excluding carboxylic acids is 2. The molecule has 63 heavy (non-hydrogen) atoms. The second-order valence-corrected chi connectivity index (χ2v) is 17.3. The standard InChI is InChI=1S/C49H81O13P/c1-3-5-7-9-11-13-15-17-19-20-21-22-24-25-27-29-31-33-35-37-42(50)59-39-41(40-60-63(57,58)62-49-47(55)45(53)44(52)46(54)48(49)56)61-43(51)38-36-34-32-30-28-26-23-18-16-14-12-10-8-6-4-2/h11-14,17-19,21-23,25,27-28,30,41,44-49,52-56H,3-10,15-16,20,24,26,29,31-40H2,1-2H3,(H,57,58)/b13-11+,14-12+,19-17+,22-21+,23-18+,27-25+,30-28+/t41-,44?,45-,46?,47?,48?,49?/m0/s1. The molecule has 14 heteroatoms. The van der Waals surface area contributed by atoms with Crippen molar-refractivity contribution in [3.05, 3.63) is 85.1 Å². The van der Waals surface area contributed by atoms with Crippen molar-refractivity contribution in [2.24, 2.45) is 0 Å². The summed E-state index contributed by atoms with van der Waals surface area (Å²) in [5, 5.41) is 50.1. The summed E-state index contributed by atoms with van der Waals surface area (Å²) in [6, 6.07) is 0. The second-order valence-electron chi connectivity index (χ2n) is 15.9. The van der Waals surface area contributed by atoms with E-state index in [9.17, 15) is 44.6 Å². The smallest absolute Gasteiger partial charge is 0.462 e. The van der Waals surface area contributed by atoms with Gasteiger partial charge < -0.3 is 39.9 Å². The molecule has 0 aromatic rings. The number of unbranched alkanes of at least 4 members (excludes halogenated alkanes) is 11. The van der Waals surface area contributed by atoms with E-state index in [-0.39, 0.29) is 12.8 Å². The van der Waals surface area contributed by atoms with Crippen LogP contribution in [0.2, 0.25) is 0 Å². The molecule has 1 fully saturated rings. The van der Waals surface area contributed by atoms with Crippen molar-refractivity contribution < 1.29 is 63.1 Å². The van der Waals surface area contributed by atoms with E-state index in [0.29, 0.717) is 19.3 Å². The molecule has 13 nitrogen and oxygen atoms in total. The average Bonchev–Trinajstić information content (AvgIpc) is 3.26. The lowest BCUT2D eigenvalue weighted by Gasteiger charge is -2.41. The molecule has 0 aliphatic heterocycles. The molecule has 0 radical (unpaired) electrons. The molecular formula is C49H81O13P. The van der Waals surface area contributed by atoms with Gasteiger partial charge in [-0.05, 0) is 96.3 Å². The van der Waals surface area contributed by atoms with Crippen molar-refractivity contribution in [1.82, 2.24) is 0 Å². The van der Waals surface area contributed by atoms with Crippen LogP contribution in [0.1, 0.15) is 155 Å². The molecule has 1 saturated carbocycles. The van der Waals surface area contributed by atoms with E-state index in [1.807, 2.05) is 0 Å². The Kier molecular flexibility index (Phi) is 35.3. The lowest BCUT2D eigenvalue weighted by atomic mass is 9.85. The summed E-state index contributed by atoms with van der Waals surface area (Å²) in [5.41, 5.74) is 0. The summed E-state index contributed by atoms with van der Waals surface area (Å²) in [5.74, 6) is -1.19. The van der Waals surface area contributed by atoms with Crippen LogP contribution >= 0.6 is 7.82 Å². The van der Waals surface area contributed by atoms with Crippen molar-refractivity contribution in [1.29, 1.82) is 0 Å². The second kappa shape index (κ2) is 38.3. The number of allylic oxidation sites excluding steroid dienone is 14. The fourth-order valence-corrected chi connectivity index (χ4v) is 7.37. The number of phosphoric ester groups is 1. The number of hydrogen-bond acceptors (Lipinski definition) is 12. The third-order valence-electron chi connectivity index (χ3n) is 10.2. The first-order valence-electron chi connectivity index (χ1n) is 23.4. The molecule has 1 aliphatic rings. The highest BCUT2D eigenvalue weighted by atomic mass is 31.2. The van der Waals surface area contributed by atoms with E-state index in [2.05, 4.69) is 98.9 Å². The van der Waals surface area contributed by atoms with E-state index < -0.39 is 75.7 Å². The van der Waals surface area contributed by atoms with Gasteiger partial charge in [-0.15, -0.1) is 0 Å². The predicted molar refractivity (Wildman–Crippen MR) is 248 cm³/mol. The van der Waals surface area contributed by atoms with Crippen LogP contribution in [0.25, 0.3) is 0 Å². The zero-order valence-corrected chi connectivity index (χ0v) is 39.0. The van der Waals surface area contributed by atoms with Crippen LogP contribution in [-0.4, -0.2) is 98.3 Å². The lowest BCUT2D eigenvalue weighted by Crippen LogP contribution is -2.64. The van der Waals surface area contributed by atoms with Crippen LogP contribution in [-0.2, 0) is 32.7 Å². The van der Waals surface area contributed by atoms with Gasteiger partial charge in [-0.2, -0.15) is 0 Å². The van der Waals surface area contributed by atoms with Gasteiger partial charge in [-0.1, -0.05) is 131 Å². The minimum absolute atomic E-state index is 0.0358. The molecule has 8 atom stereocenters. The van der Waals surface area contributed by atoms with Crippen LogP contribution in [0, 0.1) is 0 Å². The SMILES string of the molecule is CCCCC/C=C/C/C=C/C/C=C/C/C=C/CCCCCC(=O)OC[C@@H](COP(=O)(O)OC1C(O)C(O)C(O)[C@H](O)C1O)OC(=O)CCCC/C=C/C/C=C/C/C=C/CCCCC. The highest BCUT2D eigenvalue weighted by molar-refractivity contribution is 7.47. The van der Waals surface area contributed by atoms with Crippen molar-refractivity contribution in [2.75, 3.05) is 13.2 Å². The Morgan fingerprint density at radius 2 is 0.857 bits per heavy atom. The van der Waals surface area contributed by atoms with Gasteiger partial charge in [0.25, 0.3) is 0 Å². The fourth-order valence-electron chi connectivity index (χ4n) is 6.39. The average molecular weight is 909 g/mol. The topological polar surface area (TPSA) is 210 Å². The largest absolute Gasteiger partial charge is 0.472 e. The highest BCUT2D eigenvalue weighted by Crippen LogP contribution is 2.47. The molecule has 0 amide bonds. The molecule has 0 aromatic carbocycles. The Labute approximate surface area is 378 Å². The molecule has 0 heterocycles. The minimum atomic E-state index is -5.14. The number of phosphoric acid groups is 1. The van der Waals surface area contributed by atoms with Crippen molar-refractivity contribution in [3.63, 3.8) is 0 Å². The van der Waals surface area contributed by atoms with Crippen LogP contribution < -0.4 is 0 Å². The van der Waals surface area contributed by atoms with Crippen LogP contribution in [0.15, 0.2) is 85.1 Å². The van der Waals surface area contributed by atoms with E-state index in [1.165, 1.54) is 38.5 Å². The first-order chi connectivity index (χ1) is 30.4. The third-order valence-corrected chi connectivity index (χ3v) is 11.2. The molecule has 0 saturated heterocycles. The van der Waals surface area contributed by atoms with Crippen LogP contribution in [0.4, 0.5) is 0 Å². The molecule has 6 unspecified atom stereocenters. The van der Waals surface area contributed by atoms with E-state index in [4.69, 9.17) is 18.5 Å². The minimum Gasteiger partial charge on any atom is -0.462 e. The molecule has 0 aromatic heterocycles. The Balaban J connectivity index is 2.51. The first kappa shape index (κ1) is 58.0. The quantitative estimate of drug-likeness (QED) is 0.0149. The number of ether oxygens (including phenoxy) is 2. The Hall–Kier alpha value is -2.97. The van der Waals surface area contributed by atoms with Crippen molar-refractivity contribution >= 4 is 19.8 Å². The zero-order chi connectivity index (χ0) is 46.4. The molecule has 6 N–H and O–H groups in total. The number of hydrogen-bond donors (Lipinski definition) is 6. The lowest BCUT2D eigenvalue weighted by molar-refractivity contribution is -0.220. The molecule has 360 valence electrons. The van der Waals surface area contributed by atoms with E-state index >= 15 is 0 Å². The number of esters is 2. The zero-order valence-electron chi connectivity index (χ0n) is 38.1. The summed E-state index contributed by atoms with van der Waals surface area (Å²) in [7, 11) is -5.14. The van der Waals surface area contributed by atoms with Gasteiger partial charge in [0.1, 0.15) is 43.2 Å². The maximum atomic E-state index is 12.8. The molecule has 1 rings (SSSR count). The third kappa shape index (κ3) is 30.7. The number of rotatable bonds is 37. The van der Waals surface area contributed by atoms with Gasteiger partial charge in [0.05, 0.1) is 6.61 Å². The number of aliphatic hydroxyl groups excluding tert-OH is 5. The van der Waals surface area contributed by atoms with Gasteiger partial charge in [-0.3, -0.25) is 18.6 Å². The maximum Gasteiger partial charge on any atom is 0.472 e. The maximum absolute atomic E-state index is 12.8. The Morgan fingerprint density at radius 1 is 0.492 bits per heavy atom. The summed E-state index contributed by atoms with van der Waals surface area (Å²) in [6.07, 6.45) is 36.3. The first-order valence-corrected chi connectivity index (χ1v) is 24.9. The van der Waals surface area contributed by atoms with E-state index in [0.717, 1.165) is 70.6 Å².